The number of aromatic amines is 1. The van der Waals surface area contributed by atoms with E-state index in [9.17, 15) is 0 Å². The minimum Gasteiger partial charge on any atom is -0.357 e. The number of hydrogen-bond acceptors (Lipinski definition) is 2. The maximum absolute atomic E-state index is 4.68. The van der Waals surface area contributed by atoms with Crippen LogP contribution in [-0.4, -0.2) is 35.6 Å². The summed E-state index contributed by atoms with van der Waals surface area (Å²) in [5.74, 6) is 1.89. The van der Waals surface area contributed by atoms with E-state index in [1.54, 1.807) is 5.57 Å². The fraction of sp³-hybridized carbons (Fsp3) is 0.500. The molecular weight excluding hydrogens is 437 g/mol. The first kappa shape index (κ1) is 20.7. The molecule has 1 aromatic heterocycles. The van der Waals surface area contributed by atoms with Crippen molar-refractivity contribution in [2.45, 2.75) is 45.4 Å². The first-order valence-corrected chi connectivity index (χ1v) is 9.49. The summed E-state index contributed by atoms with van der Waals surface area (Å²) in [5.41, 5.74) is 3.71. The van der Waals surface area contributed by atoms with Gasteiger partial charge in [0.25, 0.3) is 0 Å². The molecule has 0 unspecified atom stereocenters. The molecule has 0 amide bonds. The smallest absolute Gasteiger partial charge is 0.191 e. The number of nitrogens with one attached hydrogen (secondary N) is 3. The molecule has 3 rings (SSSR count). The normalized spacial score (nSPS) is 14.7. The minimum absolute atomic E-state index is 0. The van der Waals surface area contributed by atoms with Crippen molar-refractivity contribution in [1.82, 2.24) is 20.6 Å². The quantitative estimate of drug-likeness (QED) is 0.248. The summed E-state index contributed by atoms with van der Waals surface area (Å²) < 4.78 is 0. The van der Waals surface area contributed by atoms with Crippen molar-refractivity contribution in [1.29, 1.82) is 0 Å². The topological polar surface area (TPSA) is 65.1 Å². The molecule has 1 aliphatic rings. The number of aromatic nitrogens is 2. The van der Waals surface area contributed by atoms with Gasteiger partial charge in [-0.3, -0.25) is 4.99 Å². The third-order valence-electron chi connectivity index (χ3n) is 4.52. The largest absolute Gasteiger partial charge is 0.357 e. The van der Waals surface area contributed by atoms with Crippen molar-refractivity contribution in [3.8, 4) is 0 Å². The van der Waals surface area contributed by atoms with Crippen LogP contribution in [0.15, 0.2) is 40.9 Å². The predicted octanol–water partition coefficient (Wildman–Crippen LogP) is 4.17. The summed E-state index contributed by atoms with van der Waals surface area (Å²) in [4.78, 5) is 12.6. The zero-order valence-corrected chi connectivity index (χ0v) is 17.9. The van der Waals surface area contributed by atoms with E-state index < -0.39 is 0 Å². The zero-order chi connectivity index (χ0) is 17.3. The van der Waals surface area contributed by atoms with Gasteiger partial charge in [-0.25, -0.2) is 4.98 Å². The lowest BCUT2D eigenvalue weighted by Crippen LogP contribution is -2.38. The van der Waals surface area contributed by atoms with Gasteiger partial charge in [0.05, 0.1) is 11.0 Å². The van der Waals surface area contributed by atoms with Gasteiger partial charge in [0.1, 0.15) is 5.82 Å². The molecule has 1 heterocycles. The fourth-order valence-electron chi connectivity index (χ4n) is 3.21. The molecule has 26 heavy (non-hydrogen) atoms. The molecule has 0 aliphatic heterocycles. The molecule has 0 bridgehead atoms. The average Bonchev–Trinajstić information content (AvgIpc) is 3.05. The van der Waals surface area contributed by atoms with Gasteiger partial charge in [-0.05, 0) is 51.2 Å². The number of para-hydroxylation sites is 2. The number of allylic oxidation sites excluding steroid dienone is 1. The first-order chi connectivity index (χ1) is 12.3. The number of H-pyrrole nitrogens is 1. The highest BCUT2D eigenvalue weighted by molar-refractivity contribution is 14.0. The third-order valence-corrected chi connectivity index (χ3v) is 4.52. The second-order valence-electron chi connectivity index (χ2n) is 6.50. The molecule has 0 spiro atoms. The van der Waals surface area contributed by atoms with Crippen LogP contribution in [0.5, 0.6) is 0 Å². The lowest BCUT2D eigenvalue weighted by molar-refractivity contribution is 0.665. The van der Waals surface area contributed by atoms with E-state index in [0.717, 1.165) is 55.3 Å². The summed E-state index contributed by atoms with van der Waals surface area (Å²) >= 11 is 0. The molecule has 0 saturated carbocycles. The second kappa shape index (κ2) is 11.2. The Morgan fingerprint density at radius 1 is 1.19 bits per heavy atom. The Kier molecular flexibility index (Phi) is 8.94. The van der Waals surface area contributed by atoms with Crippen LogP contribution in [-0.2, 0) is 6.42 Å². The zero-order valence-electron chi connectivity index (χ0n) is 15.6. The van der Waals surface area contributed by atoms with E-state index >= 15 is 0 Å². The number of fused-ring (bicyclic) bond motifs is 1. The number of benzene rings is 1. The molecule has 142 valence electrons. The van der Waals surface area contributed by atoms with E-state index in [1.807, 2.05) is 18.2 Å². The lowest BCUT2D eigenvalue weighted by atomic mass is 9.97. The number of halogens is 1. The Balaban J connectivity index is 0.00000243. The Labute approximate surface area is 173 Å². The van der Waals surface area contributed by atoms with Crippen molar-refractivity contribution >= 4 is 41.0 Å². The number of imidazole rings is 1. The predicted molar refractivity (Wildman–Crippen MR) is 120 cm³/mol. The summed E-state index contributed by atoms with van der Waals surface area (Å²) in [6.45, 7) is 4.64. The Morgan fingerprint density at radius 2 is 2.08 bits per heavy atom. The minimum atomic E-state index is 0. The van der Waals surface area contributed by atoms with E-state index in [2.05, 4.69) is 44.7 Å². The highest BCUT2D eigenvalue weighted by Gasteiger charge is 2.05. The number of rotatable bonds is 7. The molecule has 0 saturated heterocycles. The van der Waals surface area contributed by atoms with Crippen molar-refractivity contribution in [3.63, 3.8) is 0 Å². The first-order valence-electron chi connectivity index (χ1n) is 9.49. The van der Waals surface area contributed by atoms with Gasteiger partial charge in [-0.2, -0.15) is 0 Å². The molecule has 0 fully saturated rings. The molecule has 3 N–H and O–H groups in total. The maximum atomic E-state index is 4.68. The van der Waals surface area contributed by atoms with Gasteiger partial charge in [0.2, 0.25) is 0 Å². The van der Waals surface area contributed by atoms with Crippen LogP contribution in [0.1, 0.15) is 44.9 Å². The van der Waals surface area contributed by atoms with Crippen LogP contribution < -0.4 is 10.6 Å². The highest BCUT2D eigenvalue weighted by Crippen LogP contribution is 2.19. The summed E-state index contributed by atoms with van der Waals surface area (Å²) in [5, 5.41) is 6.77. The van der Waals surface area contributed by atoms with Crippen LogP contribution in [0, 0.1) is 0 Å². The number of aliphatic imine (C=N–C) groups is 1. The van der Waals surface area contributed by atoms with Gasteiger partial charge in [-0.15, -0.1) is 24.0 Å². The van der Waals surface area contributed by atoms with Gasteiger partial charge in [-0.1, -0.05) is 23.8 Å². The van der Waals surface area contributed by atoms with Gasteiger partial charge in [0.15, 0.2) is 5.96 Å². The average molecular weight is 467 g/mol. The Bertz CT molecular complexity index is 702. The van der Waals surface area contributed by atoms with Crippen LogP contribution in [0.3, 0.4) is 0 Å². The van der Waals surface area contributed by atoms with E-state index in [1.165, 1.54) is 25.7 Å². The van der Waals surface area contributed by atoms with Crippen molar-refractivity contribution < 1.29 is 0 Å². The van der Waals surface area contributed by atoms with E-state index in [4.69, 9.17) is 0 Å². The van der Waals surface area contributed by atoms with Gasteiger partial charge >= 0.3 is 0 Å². The van der Waals surface area contributed by atoms with Crippen LogP contribution in [0.4, 0.5) is 0 Å². The lowest BCUT2D eigenvalue weighted by Gasteiger charge is -2.15. The molecule has 6 heteroatoms. The molecule has 1 aromatic carbocycles. The molecule has 2 aromatic rings. The summed E-state index contributed by atoms with van der Waals surface area (Å²) in [6, 6.07) is 8.13. The van der Waals surface area contributed by atoms with Crippen molar-refractivity contribution in [3.05, 3.63) is 41.7 Å². The van der Waals surface area contributed by atoms with Crippen molar-refractivity contribution in [2.24, 2.45) is 4.99 Å². The third kappa shape index (κ3) is 6.30. The van der Waals surface area contributed by atoms with Gasteiger partial charge < -0.3 is 15.6 Å². The summed E-state index contributed by atoms with van der Waals surface area (Å²) in [6.07, 6.45) is 9.56. The van der Waals surface area contributed by atoms with Gasteiger partial charge in [0, 0.05) is 26.1 Å². The monoisotopic (exact) mass is 467 g/mol. The molecule has 0 radical (unpaired) electrons. The van der Waals surface area contributed by atoms with E-state index in [0.29, 0.717) is 0 Å². The van der Waals surface area contributed by atoms with E-state index in [-0.39, 0.29) is 24.0 Å². The highest BCUT2D eigenvalue weighted by atomic mass is 127. The van der Waals surface area contributed by atoms with Crippen LogP contribution >= 0.6 is 24.0 Å². The molecule has 0 atom stereocenters. The standard InChI is InChI=1S/C20H29N5.HI/c1-2-21-20(22-14-12-16-8-4-3-5-9-16)23-15-13-19-24-17-10-6-7-11-18(17)25-19;/h6-8,10-11H,2-5,9,12-15H2,1H3,(H,24,25)(H2,21,22,23);1H. The molecule has 5 nitrogen and oxygen atoms in total. The maximum Gasteiger partial charge on any atom is 0.191 e. The fourth-order valence-corrected chi connectivity index (χ4v) is 3.21. The van der Waals surface area contributed by atoms with Crippen LogP contribution in [0.25, 0.3) is 11.0 Å². The Hall–Kier alpha value is -1.57. The summed E-state index contributed by atoms with van der Waals surface area (Å²) in [7, 11) is 0. The number of hydrogen-bond donors (Lipinski definition) is 3. The van der Waals surface area contributed by atoms with Crippen LogP contribution in [0.2, 0.25) is 0 Å². The molecular formula is C20H30IN5. The Morgan fingerprint density at radius 3 is 2.85 bits per heavy atom. The SMILES string of the molecule is CCNC(=NCCc1nc2ccccc2[nH]1)NCCC1=CCCCC1.I. The second-order valence-corrected chi connectivity index (χ2v) is 6.50. The number of nitrogens with zero attached hydrogens (tertiary/aromatic N) is 2. The van der Waals surface area contributed by atoms with Crippen molar-refractivity contribution in [2.75, 3.05) is 19.6 Å². The number of guanidine groups is 1. The molecule has 1 aliphatic carbocycles.